The number of benzene rings is 1. The topological polar surface area (TPSA) is 23.5 Å². The maximum absolute atomic E-state index is 14.1. The third-order valence-electron chi connectivity index (χ3n) is 3.62. The third kappa shape index (κ3) is 4.63. The Morgan fingerprint density at radius 3 is 2.55 bits per heavy atom. The van der Waals surface area contributed by atoms with Crippen LogP contribution in [-0.2, 0) is 6.54 Å². The largest absolute Gasteiger partial charge is 0.395 e. The molecule has 1 heterocycles. The van der Waals surface area contributed by atoms with Crippen LogP contribution in [0.15, 0.2) is 18.2 Å². The molecule has 0 saturated carbocycles. The highest BCUT2D eigenvalue weighted by atomic mass is 19.1. The van der Waals surface area contributed by atoms with Gasteiger partial charge in [0.25, 0.3) is 0 Å². The Hall–Kier alpha value is -1.37. The Morgan fingerprint density at radius 1 is 1.15 bits per heavy atom. The van der Waals surface area contributed by atoms with E-state index in [0.29, 0.717) is 18.5 Å². The van der Waals surface area contributed by atoms with E-state index in [2.05, 4.69) is 16.7 Å². The molecule has 1 aromatic rings. The summed E-state index contributed by atoms with van der Waals surface area (Å²) >= 11 is 0. The zero-order chi connectivity index (χ0) is 14.2. The van der Waals surface area contributed by atoms with E-state index in [1.165, 1.54) is 31.7 Å². The van der Waals surface area contributed by atoms with Crippen molar-refractivity contribution in [3.8, 4) is 11.8 Å². The molecule has 2 nitrogen and oxygen atoms in total. The normalized spacial score (nSPS) is 16.3. The predicted molar refractivity (Wildman–Crippen MR) is 78.7 cm³/mol. The molecule has 0 bridgehead atoms. The van der Waals surface area contributed by atoms with Gasteiger partial charge in [0.1, 0.15) is 5.82 Å². The zero-order valence-electron chi connectivity index (χ0n) is 11.9. The fourth-order valence-electron chi connectivity index (χ4n) is 2.51. The van der Waals surface area contributed by atoms with Gasteiger partial charge in [-0.3, -0.25) is 4.90 Å². The smallest absolute Gasteiger partial charge is 0.128 e. The van der Waals surface area contributed by atoms with E-state index in [1.807, 2.05) is 12.1 Å². The van der Waals surface area contributed by atoms with Crippen LogP contribution in [0.1, 0.15) is 43.2 Å². The van der Waals surface area contributed by atoms with Crippen LogP contribution in [0.3, 0.4) is 0 Å². The average Bonchev–Trinajstić information content (AvgIpc) is 2.71. The molecule has 0 unspecified atom stereocenters. The molecule has 108 valence electrons. The second kappa shape index (κ2) is 8.04. The first-order valence-corrected chi connectivity index (χ1v) is 7.40. The van der Waals surface area contributed by atoms with Crippen molar-refractivity contribution in [1.82, 2.24) is 4.90 Å². The van der Waals surface area contributed by atoms with Crippen LogP contribution in [0.4, 0.5) is 4.39 Å². The van der Waals surface area contributed by atoms with Crippen LogP contribution in [0.2, 0.25) is 0 Å². The molecule has 1 aliphatic heterocycles. The van der Waals surface area contributed by atoms with Crippen LogP contribution in [-0.4, -0.2) is 29.7 Å². The monoisotopic (exact) mass is 275 g/mol. The van der Waals surface area contributed by atoms with Gasteiger partial charge >= 0.3 is 0 Å². The van der Waals surface area contributed by atoms with E-state index in [-0.39, 0.29) is 12.4 Å². The summed E-state index contributed by atoms with van der Waals surface area (Å²) in [7, 11) is 0. The third-order valence-corrected chi connectivity index (χ3v) is 3.62. The Balaban J connectivity index is 2.00. The predicted octanol–water partition coefficient (Wildman–Crippen LogP) is 2.94. The summed E-state index contributed by atoms with van der Waals surface area (Å²) in [6.45, 7) is 2.87. The number of rotatable bonds is 3. The van der Waals surface area contributed by atoms with Gasteiger partial charge in [-0.1, -0.05) is 30.7 Å². The second-order valence-electron chi connectivity index (χ2n) is 5.27. The zero-order valence-corrected chi connectivity index (χ0v) is 11.9. The van der Waals surface area contributed by atoms with Gasteiger partial charge in [-0.15, -0.1) is 0 Å². The molecule has 2 rings (SSSR count). The maximum Gasteiger partial charge on any atom is 0.128 e. The summed E-state index contributed by atoms with van der Waals surface area (Å²) < 4.78 is 14.1. The molecular weight excluding hydrogens is 253 g/mol. The van der Waals surface area contributed by atoms with Crippen molar-refractivity contribution in [2.45, 2.75) is 38.6 Å². The summed E-state index contributed by atoms with van der Waals surface area (Å²) in [5, 5.41) is 8.67. The first kappa shape index (κ1) is 15.0. The Morgan fingerprint density at radius 2 is 1.90 bits per heavy atom. The minimum absolute atomic E-state index is 0.0442. The van der Waals surface area contributed by atoms with Crippen molar-refractivity contribution in [3.05, 3.63) is 35.1 Å². The summed E-state index contributed by atoms with van der Waals surface area (Å²) in [6, 6.07) is 5.20. The van der Waals surface area contributed by atoms with Crippen LogP contribution >= 0.6 is 0 Å². The number of aliphatic hydroxyl groups is 1. The van der Waals surface area contributed by atoms with Gasteiger partial charge in [-0.05, 0) is 38.1 Å². The number of hydrogen-bond donors (Lipinski definition) is 1. The van der Waals surface area contributed by atoms with Gasteiger partial charge in [0, 0.05) is 24.1 Å². The average molecular weight is 275 g/mol. The van der Waals surface area contributed by atoms with Crippen molar-refractivity contribution < 1.29 is 9.50 Å². The van der Waals surface area contributed by atoms with Crippen LogP contribution in [0.5, 0.6) is 0 Å². The molecule has 1 aliphatic rings. The minimum atomic E-state index is -0.176. The van der Waals surface area contributed by atoms with Crippen LogP contribution in [0.25, 0.3) is 0 Å². The molecule has 1 N–H and O–H groups in total. The SMILES string of the molecule is OCCC#Cc1ccc(CN2CCCCCC2)c(F)c1. The number of nitrogens with zero attached hydrogens (tertiary/aromatic N) is 1. The molecule has 0 atom stereocenters. The molecule has 20 heavy (non-hydrogen) atoms. The number of halogens is 1. The highest BCUT2D eigenvalue weighted by Crippen LogP contribution is 2.16. The highest BCUT2D eigenvalue weighted by Gasteiger charge is 2.11. The fraction of sp³-hybridized carbons (Fsp3) is 0.529. The van der Waals surface area contributed by atoms with Crippen molar-refractivity contribution in [2.24, 2.45) is 0 Å². The standard InChI is InChI=1S/C17H22FNO/c18-17-13-15(7-3-6-12-20)8-9-16(17)14-19-10-4-1-2-5-11-19/h8-9,13,20H,1-2,4-6,10-12,14H2. The van der Waals surface area contributed by atoms with E-state index in [1.54, 1.807) is 0 Å². The molecule has 0 aromatic heterocycles. The van der Waals surface area contributed by atoms with Crippen molar-refractivity contribution in [1.29, 1.82) is 0 Å². The van der Waals surface area contributed by atoms with E-state index < -0.39 is 0 Å². The van der Waals surface area contributed by atoms with Gasteiger partial charge in [0.15, 0.2) is 0 Å². The van der Waals surface area contributed by atoms with Gasteiger partial charge in [0.2, 0.25) is 0 Å². The fourth-order valence-corrected chi connectivity index (χ4v) is 2.51. The van der Waals surface area contributed by atoms with E-state index in [4.69, 9.17) is 5.11 Å². The van der Waals surface area contributed by atoms with Crippen LogP contribution < -0.4 is 0 Å². The Kier molecular flexibility index (Phi) is 6.04. The highest BCUT2D eigenvalue weighted by molar-refractivity contribution is 5.37. The first-order valence-electron chi connectivity index (χ1n) is 7.40. The number of aliphatic hydroxyl groups excluding tert-OH is 1. The molecule has 1 saturated heterocycles. The van der Waals surface area contributed by atoms with Crippen molar-refractivity contribution in [3.63, 3.8) is 0 Å². The van der Waals surface area contributed by atoms with Gasteiger partial charge in [-0.2, -0.15) is 0 Å². The Labute approximate surface area is 120 Å². The van der Waals surface area contributed by atoms with E-state index >= 15 is 0 Å². The first-order chi connectivity index (χ1) is 9.79. The van der Waals surface area contributed by atoms with E-state index in [9.17, 15) is 4.39 Å². The lowest BCUT2D eigenvalue weighted by Crippen LogP contribution is -2.24. The molecule has 1 aromatic carbocycles. The van der Waals surface area contributed by atoms with Crippen LogP contribution in [0, 0.1) is 17.7 Å². The molecule has 0 spiro atoms. The summed E-state index contributed by atoms with van der Waals surface area (Å²) in [5.41, 5.74) is 1.43. The van der Waals surface area contributed by atoms with Gasteiger partial charge in [-0.25, -0.2) is 4.39 Å². The molecule has 1 fully saturated rings. The quantitative estimate of drug-likeness (QED) is 0.857. The summed E-state index contributed by atoms with van der Waals surface area (Å²) in [5.74, 6) is 5.50. The van der Waals surface area contributed by atoms with Gasteiger partial charge < -0.3 is 5.11 Å². The molecule has 3 heteroatoms. The molecule has 0 aliphatic carbocycles. The Bertz CT molecular complexity index is 481. The summed E-state index contributed by atoms with van der Waals surface area (Å²) in [6.07, 6.45) is 5.44. The molecule has 0 amide bonds. The minimum Gasteiger partial charge on any atom is -0.395 e. The maximum atomic E-state index is 14.1. The van der Waals surface area contributed by atoms with E-state index in [0.717, 1.165) is 18.7 Å². The lowest BCUT2D eigenvalue weighted by molar-refractivity contribution is 0.273. The number of likely N-dealkylation sites (tertiary alicyclic amines) is 1. The van der Waals surface area contributed by atoms with Crippen molar-refractivity contribution >= 4 is 0 Å². The van der Waals surface area contributed by atoms with Gasteiger partial charge in [0.05, 0.1) is 6.61 Å². The molecule has 0 radical (unpaired) electrons. The summed E-state index contributed by atoms with van der Waals surface area (Å²) in [4.78, 5) is 2.34. The molecular formula is C17H22FNO. The lowest BCUT2D eigenvalue weighted by Gasteiger charge is -2.20. The lowest BCUT2D eigenvalue weighted by atomic mass is 10.1. The second-order valence-corrected chi connectivity index (χ2v) is 5.27. The van der Waals surface area contributed by atoms with Crippen molar-refractivity contribution in [2.75, 3.05) is 19.7 Å². The number of hydrogen-bond acceptors (Lipinski definition) is 2.